The van der Waals surface area contributed by atoms with Crippen molar-refractivity contribution in [1.29, 1.82) is 0 Å². The summed E-state index contributed by atoms with van der Waals surface area (Å²) < 4.78 is 39.5. The molecule has 1 rings (SSSR count). The van der Waals surface area contributed by atoms with Gasteiger partial charge in [-0.05, 0) is 6.92 Å². The number of ether oxygens (including phenoxy) is 1. The molecule has 1 aromatic heterocycles. The molecule has 1 amide bonds. The molecule has 0 aliphatic rings. The van der Waals surface area contributed by atoms with Crippen molar-refractivity contribution in [3.63, 3.8) is 0 Å². The zero-order chi connectivity index (χ0) is 13.8. The molecule has 18 heavy (non-hydrogen) atoms. The number of aromatic amines is 1. The van der Waals surface area contributed by atoms with Gasteiger partial charge < -0.3 is 15.8 Å². The minimum absolute atomic E-state index is 0.160. The second-order valence-electron chi connectivity index (χ2n) is 3.58. The predicted octanol–water partition coefficient (Wildman–Crippen LogP) is 1.21. The van der Waals surface area contributed by atoms with Crippen LogP contribution >= 0.6 is 0 Å². The summed E-state index contributed by atoms with van der Waals surface area (Å²) in [6.07, 6.45) is -4.60. The van der Waals surface area contributed by atoms with Crippen molar-refractivity contribution < 1.29 is 22.7 Å². The van der Waals surface area contributed by atoms with Gasteiger partial charge in [0.05, 0.1) is 24.4 Å². The lowest BCUT2D eigenvalue weighted by Gasteiger charge is -2.07. The van der Waals surface area contributed by atoms with E-state index in [4.69, 9.17) is 5.73 Å². The van der Waals surface area contributed by atoms with Gasteiger partial charge in [-0.15, -0.1) is 0 Å². The van der Waals surface area contributed by atoms with Gasteiger partial charge in [0.1, 0.15) is 6.61 Å². The Morgan fingerprint density at radius 3 is 2.72 bits per heavy atom. The molecular formula is C9H13F3N4O2. The van der Waals surface area contributed by atoms with Gasteiger partial charge in [-0.2, -0.15) is 18.3 Å². The number of rotatable bonds is 5. The largest absolute Gasteiger partial charge is 0.411 e. The van der Waals surface area contributed by atoms with E-state index in [9.17, 15) is 18.0 Å². The summed E-state index contributed by atoms with van der Waals surface area (Å²) in [4.78, 5) is 11.3. The summed E-state index contributed by atoms with van der Waals surface area (Å²) in [5.74, 6) is -0.358. The van der Waals surface area contributed by atoms with Crippen LogP contribution in [0.25, 0.3) is 0 Å². The Balaban J connectivity index is 2.28. The summed E-state index contributed by atoms with van der Waals surface area (Å²) in [7, 11) is 0. The van der Waals surface area contributed by atoms with E-state index < -0.39 is 18.7 Å². The first-order valence-electron chi connectivity index (χ1n) is 5.04. The normalized spacial score (nSPS) is 11.6. The average Bonchev–Trinajstić information content (AvgIpc) is 2.55. The van der Waals surface area contributed by atoms with Gasteiger partial charge in [-0.1, -0.05) is 0 Å². The smallest absolute Gasteiger partial charge is 0.394 e. The molecule has 0 aliphatic carbocycles. The van der Waals surface area contributed by atoms with Crippen LogP contribution in [-0.2, 0) is 9.53 Å². The van der Waals surface area contributed by atoms with Crippen LogP contribution in [0.15, 0.2) is 0 Å². The zero-order valence-electron chi connectivity index (χ0n) is 9.60. The zero-order valence-corrected chi connectivity index (χ0v) is 9.60. The van der Waals surface area contributed by atoms with Crippen LogP contribution in [0.2, 0.25) is 0 Å². The Bertz CT molecular complexity index is 416. The SMILES string of the molecule is Cc1[nH]nc(NC(=O)CCOCC(F)(F)F)c1N. The maximum absolute atomic E-state index is 11.7. The highest BCUT2D eigenvalue weighted by Crippen LogP contribution is 2.18. The molecule has 4 N–H and O–H groups in total. The molecule has 0 atom stereocenters. The average molecular weight is 266 g/mol. The third-order valence-electron chi connectivity index (χ3n) is 1.99. The van der Waals surface area contributed by atoms with E-state index in [1.54, 1.807) is 6.92 Å². The highest BCUT2D eigenvalue weighted by atomic mass is 19.4. The minimum Gasteiger partial charge on any atom is -0.394 e. The van der Waals surface area contributed by atoms with Crippen LogP contribution in [0.3, 0.4) is 0 Å². The number of amides is 1. The fourth-order valence-corrected chi connectivity index (χ4v) is 1.08. The van der Waals surface area contributed by atoms with Crippen LogP contribution in [0.1, 0.15) is 12.1 Å². The maximum Gasteiger partial charge on any atom is 0.411 e. The number of nitrogens with two attached hydrogens (primary N) is 1. The number of H-pyrrole nitrogens is 1. The number of hydrogen-bond donors (Lipinski definition) is 3. The topological polar surface area (TPSA) is 93.0 Å². The molecule has 0 bridgehead atoms. The quantitative estimate of drug-likeness (QED) is 0.698. The van der Waals surface area contributed by atoms with E-state index >= 15 is 0 Å². The lowest BCUT2D eigenvalue weighted by molar-refractivity contribution is -0.174. The van der Waals surface area contributed by atoms with Crippen molar-refractivity contribution in [3.05, 3.63) is 5.69 Å². The number of anilines is 2. The number of halogens is 3. The van der Waals surface area contributed by atoms with Crippen LogP contribution in [0, 0.1) is 6.92 Å². The second kappa shape index (κ2) is 5.71. The molecule has 0 saturated carbocycles. The standard InChI is InChI=1S/C9H13F3N4O2/c1-5-7(13)8(16-15-5)14-6(17)2-3-18-4-9(10,11)12/h2-4,13H2,1H3,(H2,14,15,16,17). The van der Waals surface area contributed by atoms with E-state index in [0.717, 1.165) is 0 Å². The minimum atomic E-state index is -4.39. The summed E-state index contributed by atoms with van der Waals surface area (Å²) in [6, 6.07) is 0. The third kappa shape index (κ3) is 4.62. The summed E-state index contributed by atoms with van der Waals surface area (Å²) in [5.41, 5.74) is 6.46. The molecule has 0 aliphatic heterocycles. The number of nitrogen functional groups attached to an aromatic ring is 1. The highest BCUT2D eigenvalue weighted by Gasteiger charge is 2.27. The van der Waals surface area contributed by atoms with Crippen LogP contribution in [-0.4, -0.2) is 35.5 Å². The molecule has 0 spiro atoms. The molecule has 1 heterocycles. The number of nitrogens with zero attached hydrogens (tertiary/aromatic N) is 1. The van der Waals surface area contributed by atoms with Crippen molar-refractivity contribution in [2.45, 2.75) is 19.5 Å². The first-order chi connectivity index (χ1) is 8.29. The van der Waals surface area contributed by atoms with Gasteiger partial charge in [0.15, 0.2) is 5.82 Å². The van der Waals surface area contributed by atoms with E-state index in [0.29, 0.717) is 11.4 Å². The molecule has 0 unspecified atom stereocenters. The van der Waals surface area contributed by atoms with Crippen LogP contribution < -0.4 is 11.1 Å². The van der Waals surface area contributed by atoms with Crippen molar-refractivity contribution in [3.8, 4) is 0 Å². The Labute approximate surface area is 101 Å². The van der Waals surface area contributed by atoms with Gasteiger partial charge >= 0.3 is 6.18 Å². The van der Waals surface area contributed by atoms with Crippen molar-refractivity contribution in [1.82, 2.24) is 10.2 Å². The molecule has 6 nitrogen and oxygen atoms in total. The number of carbonyl (C=O) groups is 1. The number of carbonyl (C=O) groups excluding carboxylic acids is 1. The van der Waals surface area contributed by atoms with E-state index in [1.807, 2.05) is 0 Å². The Morgan fingerprint density at radius 2 is 2.22 bits per heavy atom. The molecule has 1 aromatic rings. The molecule has 0 fully saturated rings. The molecular weight excluding hydrogens is 253 g/mol. The van der Waals surface area contributed by atoms with Crippen molar-refractivity contribution >= 4 is 17.4 Å². The number of hydrogen-bond acceptors (Lipinski definition) is 4. The first kappa shape index (κ1) is 14.3. The van der Waals surface area contributed by atoms with Gasteiger partial charge in [-0.3, -0.25) is 9.89 Å². The molecule has 9 heteroatoms. The van der Waals surface area contributed by atoms with Gasteiger partial charge in [0.2, 0.25) is 5.91 Å². The monoisotopic (exact) mass is 266 g/mol. The number of alkyl halides is 3. The lowest BCUT2D eigenvalue weighted by Crippen LogP contribution is -2.20. The third-order valence-corrected chi connectivity index (χ3v) is 1.99. The molecule has 0 saturated heterocycles. The summed E-state index contributed by atoms with van der Waals surface area (Å²) in [6.45, 7) is -0.0248. The maximum atomic E-state index is 11.7. The fourth-order valence-electron chi connectivity index (χ4n) is 1.08. The first-order valence-corrected chi connectivity index (χ1v) is 5.04. The Hall–Kier alpha value is -1.77. The van der Waals surface area contributed by atoms with E-state index in [2.05, 4.69) is 20.3 Å². The van der Waals surface area contributed by atoms with Crippen molar-refractivity contribution in [2.24, 2.45) is 0 Å². The Kier molecular flexibility index (Phi) is 4.54. The lowest BCUT2D eigenvalue weighted by atomic mass is 10.3. The van der Waals surface area contributed by atoms with E-state index in [1.165, 1.54) is 0 Å². The molecule has 102 valence electrons. The fraction of sp³-hybridized carbons (Fsp3) is 0.556. The second-order valence-corrected chi connectivity index (χ2v) is 3.58. The Morgan fingerprint density at radius 1 is 1.56 bits per heavy atom. The van der Waals surface area contributed by atoms with Gasteiger partial charge in [-0.25, -0.2) is 0 Å². The number of aryl methyl sites for hydroxylation is 1. The highest BCUT2D eigenvalue weighted by molar-refractivity contribution is 5.92. The van der Waals surface area contributed by atoms with Gasteiger partial charge in [0, 0.05) is 0 Å². The summed E-state index contributed by atoms with van der Waals surface area (Å²) in [5, 5.41) is 8.64. The number of nitrogens with one attached hydrogen (secondary N) is 2. The molecule has 0 aromatic carbocycles. The van der Waals surface area contributed by atoms with Gasteiger partial charge in [0.25, 0.3) is 0 Å². The number of aromatic nitrogens is 2. The van der Waals surface area contributed by atoms with Crippen LogP contribution in [0.5, 0.6) is 0 Å². The van der Waals surface area contributed by atoms with E-state index in [-0.39, 0.29) is 18.8 Å². The molecule has 0 radical (unpaired) electrons. The predicted molar refractivity (Wildman–Crippen MR) is 57.9 cm³/mol. The van der Waals surface area contributed by atoms with Crippen molar-refractivity contribution in [2.75, 3.05) is 24.3 Å². The van der Waals surface area contributed by atoms with Crippen LogP contribution in [0.4, 0.5) is 24.7 Å². The summed E-state index contributed by atoms with van der Waals surface area (Å²) >= 11 is 0.